The Hall–Kier alpha value is -2.09. The van der Waals surface area contributed by atoms with Gasteiger partial charge in [-0.1, -0.05) is 6.92 Å². The molecule has 2 aromatic rings. The van der Waals surface area contributed by atoms with Gasteiger partial charge < -0.3 is 10.3 Å². The number of carbonyl (C=O) groups is 1. The van der Waals surface area contributed by atoms with E-state index in [1.807, 2.05) is 6.92 Å². The molecule has 0 spiro atoms. The van der Waals surface area contributed by atoms with Gasteiger partial charge in [-0.25, -0.2) is 0 Å². The van der Waals surface area contributed by atoms with E-state index >= 15 is 0 Å². The molecule has 7 nitrogen and oxygen atoms in total. The molecule has 0 aromatic carbocycles. The van der Waals surface area contributed by atoms with Gasteiger partial charge in [0.05, 0.1) is 6.04 Å². The molecule has 2 heterocycles. The van der Waals surface area contributed by atoms with E-state index in [9.17, 15) is 9.59 Å². The highest BCUT2D eigenvalue weighted by Crippen LogP contribution is 2.21. The zero-order valence-corrected chi connectivity index (χ0v) is 13.1. The van der Waals surface area contributed by atoms with E-state index in [4.69, 9.17) is 0 Å². The molecule has 0 aliphatic carbocycles. The molecule has 2 rings (SSSR count). The van der Waals surface area contributed by atoms with E-state index < -0.39 is 11.6 Å². The first kappa shape index (κ1) is 15.3. The maximum atomic E-state index is 12.2. The largest absolute Gasteiger partial charge is 0.348 e. The highest BCUT2D eigenvalue weighted by Gasteiger charge is 2.18. The molecular weight excluding hydrogens is 338 g/mol. The van der Waals surface area contributed by atoms with Gasteiger partial charge in [0, 0.05) is 17.6 Å². The molecule has 1 unspecified atom stereocenters. The summed E-state index contributed by atoms with van der Waals surface area (Å²) in [7, 11) is 0. The Balaban J connectivity index is 2.40. The van der Waals surface area contributed by atoms with Crippen molar-refractivity contribution >= 4 is 21.8 Å². The van der Waals surface area contributed by atoms with Crippen molar-refractivity contribution in [2.24, 2.45) is 0 Å². The Morgan fingerprint density at radius 3 is 2.81 bits per heavy atom. The lowest BCUT2D eigenvalue weighted by Crippen LogP contribution is -2.32. The van der Waals surface area contributed by atoms with Crippen LogP contribution in [0.5, 0.6) is 0 Å². The lowest BCUT2D eigenvalue weighted by atomic mass is 10.1. The van der Waals surface area contributed by atoms with Gasteiger partial charge >= 0.3 is 0 Å². The summed E-state index contributed by atoms with van der Waals surface area (Å²) in [4.78, 5) is 30.1. The Labute approximate surface area is 129 Å². The number of halogens is 1. The lowest BCUT2D eigenvalue weighted by Gasteiger charge is -2.13. The molecule has 0 radical (unpaired) electrons. The SMILES string of the molecule is CCC(NC(C)=O)c1nnc(-c2ncccc2Br)[nH]c1=O. The van der Waals surface area contributed by atoms with Crippen LogP contribution in [0.25, 0.3) is 11.5 Å². The molecule has 0 aliphatic rings. The van der Waals surface area contributed by atoms with Crippen molar-refractivity contribution in [1.82, 2.24) is 25.5 Å². The van der Waals surface area contributed by atoms with Crippen molar-refractivity contribution in [3.63, 3.8) is 0 Å². The molecule has 21 heavy (non-hydrogen) atoms. The summed E-state index contributed by atoms with van der Waals surface area (Å²) >= 11 is 3.34. The summed E-state index contributed by atoms with van der Waals surface area (Å²) in [5.74, 6) is 0.0495. The standard InChI is InChI=1S/C13H14BrN5O2/c1-3-9(16-7(2)20)11-13(21)17-12(19-18-11)10-8(14)5-4-6-15-10/h4-6,9H,3H2,1-2H3,(H,16,20)(H,17,19,21). The van der Waals surface area contributed by atoms with Gasteiger partial charge in [0.1, 0.15) is 5.69 Å². The summed E-state index contributed by atoms with van der Waals surface area (Å²) in [6, 6.07) is 3.10. The van der Waals surface area contributed by atoms with Gasteiger partial charge in [-0.15, -0.1) is 10.2 Å². The molecule has 1 atom stereocenters. The van der Waals surface area contributed by atoms with E-state index in [-0.39, 0.29) is 17.4 Å². The van der Waals surface area contributed by atoms with Crippen LogP contribution in [-0.2, 0) is 4.79 Å². The maximum Gasteiger partial charge on any atom is 0.275 e. The van der Waals surface area contributed by atoms with Crippen LogP contribution in [0.3, 0.4) is 0 Å². The van der Waals surface area contributed by atoms with Crippen LogP contribution in [0.1, 0.15) is 32.0 Å². The van der Waals surface area contributed by atoms with E-state index in [1.165, 1.54) is 6.92 Å². The third-order valence-corrected chi connectivity index (χ3v) is 3.46. The molecule has 110 valence electrons. The van der Waals surface area contributed by atoms with Crippen LogP contribution < -0.4 is 10.9 Å². The number of pyridine rings is 1. The van der Waals surface area contributed by atoms with Crippen LogP contribution in [0.4, 0.5) is 0 Å². The number of hydrogen-bond acceptors (Lipinski definition) is 5. The minimum Gasteiger partial charge on any atom is -0.348 e. The highest BCUT2D eigenvalue weighted by atomic mass is 79.9. The van der Waals surface area contributed by atoms with Gasteiger partial charge in [0.25, 0.3) is 5.56 Å². The zero-order valence-electron chi connectivity index (χ0n) is 11.6. The molecule has 0 saturated heterocycles. The van der Waals surface area contributed by atoms with Gasteiger partial charge in [0.2, 0.25) is 5.91 Å². The topological polar surface area (TPSA) is 101 Å². The van der Waals surface area contributed by atoms with Gasteiger partial charge in [-0.3, -0.25) is 14.6 Å². The highest BCUT2D eigenvalue weighted by molar-refractivity contribution is 9.10. The monoisotopic (exact) mass is 351 g/mol. The number of amides is 1. The first-order valence-electron chi connectivity index (χ1n) is 6.37. The normalized spacial score (nSPS) is 12.0. The molecule has 1 amide bonds. The van der Waals surface area contributed by atoms with Crippen molar-refractivity contribution in [3.05, 3.63) is 38.9 Å². The summed E-state index contributed by atoms with van der Waals surface area (Å²) in [6.45, 7) is 3.24. The number of H-pyrrole nitrogens is 1. The number of nitrogens with one attached hydrogen (secondary N) is 2. The quantitative estimate of drug-likeness (QED) is 0.870. The second-order valence-corrected chi connectivity index (χ2v) is 5.24. The fraction of sp³-hybridized carbons (Fsp3) is 0.308. The van der Waals surface area contributed by atoms with Crippen LogP contribution in [0, 0.1) is 0 Å². The minimum atomic E-state index is -0.458. The van der Waals surface area contributed by atoms with Crippen LogP contribution in [-0.4, -0.2) is 26.1 Å². The predicted octanol–water partition coefficient (Wildman–Crippen LogP) is 1.58. The van der Waals surface area contributed by atoms with Crippen molar-refractivity contribution in [2.75, 3.05) is 0 Å². The molecule has 0 saturated carbocycles. The minimum absolute atomic E-state index is 0.184. The van der Waals surface area contributed by atoms with Gasteiger partial charge in [-0.05, 0) is 34.5 Å². The first-order chi connectivity index (χ1) is 10.0. The molecule has 8 heteroatoms. The molecule has 2 aromatic heterocycles. The Morgan fingerprint density at radius 1 is 1.48 bits per heavy atom. The number of aromatic amines is 1. The molecule has 0 fully saturated rings. The van der Waals surface area contributed by atoms with Gasteiger partial charge in [-0.2, -0.15) is 0 Å². The summed E-state index contributed by atoms with van der Waals surface area (Å²) < 4.78 is 0.705. The smallest absolute Gasteiger partial charge is 0.275 e. The van der Waals surface area contributed by atoms with Crippen molar-refractivity contribution in [1.29, 1.82) is 0 Å². The van der Waals surface area contributed by atoms with Crippen molar-refractivity contribution in [3.8, 4) is 11.5 Å². The average Bonchev–Trinajstić information content (AvgIpc) is 2.45. The van der Waals surface area contributed by atoms with Crippen molar-refractivity contribution in [2.45, 2.75) is 26.3 Å². The molecule has 2 N–H and O–H groups in total. The van der Waals surface area contributed by atoms with E-state index in [2.05, 4.69) is 41.4 Å². The van der Waals surface area contributed by atoms with Gasteiger partial charge in [0.15, 0.2) is 11.5 Å². The maximum absolute atomic E-state index is 12.2. The van der Waals surface area contributed by atoms with E-state index in [1.54, 1.807) is 18.3 Å². The second-order valence-electron chi connectivity index (χ2n) is 4.38. The Kier molecular flexibility index (Phi) is 4.79. The summed E-state index contributed by atoms with van der Waals surface area (Å²) in [5.41, 5.74) is 0.294. The number of carbonyl (C=O) groups excluding carboxylic acids is 1. The number of aromatic nitrogens is 4. The zero-order chi connectivity index (χ0) is 15.4. The summed E-state index contributed by atoms with van der Waals surface area (Å²) in [5, 5.41) is 10.6. The fourth-order valence-electron chi connectivity index (χ4n) is 1.85. The van der Waals surface area contributed by atoms with Crippen LogP contribution >= 0.6 is 15.9 Å². The summed E-state index contributed by atoms with van der Waals surface area (Å²) in [6.07, 6.45) is 2.14. The Bertz CT molecular complexity index is 716. The van der Waals surface area contributed by atoms with E-state index in [0.717, 1.165) is 0 Å². The third kappa shape index (κ3) is 3.52. The second kappa shape index (κ2) is 6.57. The number of rotatable bonds is 4. The number of nitrogens with zero attached hydrogens (tertiary/aromatic N) is 3. The molecule has 0 aliphatic heterocycles. The van der Waals surface area contributed by atoms with Crippen LogP contribution in [0.2, 0.25) is 0 Å². The van der Waals surface area contributed by atoms with Crippen molar-refractivity contribution < 1.29 is 4.79 Å². The molecular formula is C13H14BrN5O2. The fourth-order valence-corrected chi connectivity index (χ4v) is 2.29. The average molecular weight is 352 g/mol. The Morgan fingerprint density at radius 2 is 2.24 bits per heavy atom. The number of hydrogen-bond donors (Lipinski definition) is 2. The molecule has 0 bridgehead atoms. The van der Waals surface area contributed by atoms with E-state index in [0.29, 0.717) is 16.6 Å². The predicted molar refractivity (Wildman–Crippen MR) is 80.4 cm³/mol. The first-order valence-corrected chi connectivity index (χ1v) is 7.17. The van der Waals surface area contributed by atoms with Crippen LogP contribution in [0.15, 0.2) is 27.6 Å². The third-order valence-electron chi connectivity index (χ3n) is 2.82. The lowest BCUT2D eigenvalue weighted by molar-refractivity contribution is -0.119.